The minimum Gasteiger partial charge on any atom is -0.444 e. The zero-order valence-electron chi connectivity index (χ0n) is 10.4. The predicted octanol–water partition coefficient (Wildman–Crippen LogP) is 1.51. The third-order valence-electron chi connectivity index (χ3n) is 2.46. The molecule has 1 rings (SSSR count). The second kappa shape index (κ2) is 7.84. The number of hydrogen-bond acceptors (Lipinski definition) is 4. The summed E-state index contributed by atoms with van der Waals surface area (Å²) < 4.78 is 5.25. The Morgan fingerprint density at radius 3 is 2.82 bits per heavy atom. The van der Waals surface area contributed by atoms with Gasteiger partial charge in [0, 0.05) is 6.42 Å². The Labute approximate surface area is 102 Å². The number of unbranched alkanes of at least 4 members (excludes halogenated alkanes) is 3. The third-order valence-corrected chi connectivity index (χ3v) is 2.46. The van der Waals surface area contributed by atoms with Gasteiger partial charge in [-0.2, -0.15) is 0 Å². The fourth-order valence-electron chi connectivity index (χ4n) is 1.53. The van der Waals surface area contributed by atoms with Crippen LogP contribution in [-0.4, -0.2) is 17.4 Å². The minimum atomic E-state index is 0.0496. The van der Waals surface area contributed by atoms with Crippen molar-refractivity contribution in [3.05, 3.63) is 17.8 Å². The monoisotopic (exact) mass is 239 g/mol. The highest BCUT2D eigenvalue weighted by molar-refractivity contribution is 5.75. The standard InChI is InChI=1S/C12H21N3O2/c1-10-8-15-12(17-10)9-14-11(16)6-4-2-3-5-7-13/h8H,2-7,9,13H2,1H3,(H,14,16). The van der Waals surface area contributed by atoms with E-state index < -0.39 is 0 Å². The lowest BCUT2D eigenvalue weighted by Crippen LogP contribution is -2.22. The molecule has 0 spiro atoms. The summed E-state index contributed by atoms with van der Waals surface area (Å²) in [6.45, 7) is 2.93. The van der Waals surface area contributed by atoms with Gasteiger partial charge in [-0.25, -0.2) is 4.98 Å². The van der Waals surface area contributed by atoms with Crippen molar-refractivity contribution in [2.24, 2.45) is 5.73 Å². The summed E-state index contributed by atoms with van der Waals surface area (Å²) in [6, 6.07) is 0. The number of carbonyl (C=O) groups is 1. The van der Waals surface area contributed by atoms with E-state index in [1.807, 2.05) is 6.92 Å². The minimum absolute atomic E-state index is 0.0496. The van der Waals surface area contributed by atoms with Gasteiger partial charge in [0.25, 0.3) is 0 Å². The van der Waals surface area contributed by atoms with Crippen LogP contribution in [0.2, 0.25) is 0 Å². The van der Waals surface area contributed by atoms with E-state index in [9.17, 15) is 4.79 Å². The van der Waals surface area contributed by atoms with Crippen LogP contribution in [0.5, 0.6) is 0 Å². The Morgan fingerprint density at radius 1 is 1.41 bits per heavy atom. The summed E-state index contributed by atoms with van der Waals surface area (Å²) in [6.07, 6.45) is 6.32. The number of nitrogens with one attached hydrogen (secondary N) is 1. The van der Waals surface area contributed by atoms with Crippen molar-refractivity contribution >= 4 is 5.91 Å². The summed E-state index contributed by atoms with van der Waals surface area (Å²) in [5.41, 5.74) is 5.39. The number of aryl methyl sites for hydroxylation is 1. The van der Waals surface area contributed by atoms with Crippen molar-refractivity contribution in [2.75, 3.05) is 6.54 Å². The maximum Gasteiger partial charge on any atom is 0.220 e. The molecule has 5 heteroatoms. The van der Waals surface area contributed by atoms with E-state index in [2.05, 4.69) is 10.3 Å². The number of aromatic nitrogens is 1. The van der Waals surface area contributed by atoms with Gasteiger partial charge in [-0.3, -0.25) is 4.79 Å². The molecule has 0 radical (unpaired) electrons. The average Bonchev–Trinajstić information content (AvgIpc) is 2.72. The summed E-state index contributed by atoms with van der Waals surface area (Å²) in [7, 11) is 0. The molecule has 0 saturated heterocycles. The quantitative estimate of drug-likeness (QED) is 0.674. The van der Waals surface area contributed by atoms with E-state index in [4.69, 9.17) is 10.2 Å². The highest BCUT2D eigenvalue weighted by atomic mass is 16.4. The highest BCUT2D eigenvalue weighted by Crippen LogP contribution is 2.03. The number of nitrogens with zero attached hydrogens (tertiary/aromatic N) is 1. The van der Waals surface area contributed by atoms with Crippen LogP contribution in [0.15, 0.2) is 10.6 Å². The van der Waals surface area contributed by atoms with Crippen LogP contribution in [0.4, 0.5) is 0 Å². The number of nitrogens with two attached hydrogens (primary N) is 1. The number of oxazole rings is 1. The van der Waals surface area contributed by atoms with E-state index in [1.54, 1.807) is 6.20 Å². The van der Waals surface area contributed by atoms with Crippen molar-refractivity contribution in [1.82, 2.24) is 10.3 Å². The van der Waals surface area contributed by atoms with Gasteiger partial charge >= 0.3 is 0 Å². The van der Waals surface area contributed by atoms with Gasteiger partial charge < -0.3 is 15.5 Å². The topological polar surface area (TPSA) is 81.2 Å². The zero-order chi connectivity index (χ0) is 12.5. The van der Waals surface area contributed by atoms with Gasteiger partial charge in [-0.15, -0.1) is 0 Å². The Bertz CT molecular complexity index is 336. The van der Waals surface area contributed by atoms with Gasteiger partial charge in [0.15, 0.2) is 0 Å². The van der Waals surface area contributed by atoms with Gasteiger partial charge in [0.1, 0.15) is 5.76 Å². The maximum atomic E-state index is 11.5. The molecular formula is C12H21N3O2. The van der Waals surface area contributed by atoms with E-state index in [-0.39, 0.29) is 5.91 Å². The molecule has 0 unspecified atom stereocenters. The van der Waals surface area contributed by atoms with E-state index in [1.165, 1.54) is 0 Å². The SMILES string of the molecule is Cc1cnc(CNC(=O)CCCCCCN)o1. The third kappa shape index (κ3) is 6.06. The normalized spacial score (nSPS) is 10.5. The predicted molar refractivity (Wildman–Crippen MR) is 65.2 cm³/mol. The lowest BCUT2D eigenvalue weighted by atomic mass is 10.1. The molecule has 0 fully saturated rings. The summed E-state index contributed by atoms with van der Waals surface area (Å²) in [4.78, 5) is 15.5. The van der Waals surface area contributed by atoms with Crippen molar-refractivity contribution in [1.29, 1.82) is 0 Å². The van der Waals surface area contributed by atoms with E-state index >= 15 is 0 Å². The second-order valence-electron chi connectivity index (χ2n) is 4.09. The molecule has 0 aliphatic carbocycles. The largest absolute Gasteiger partial charge is 0.444 e. The Morgan fingerprint density at radius 2 is 2.18 bits per heavy atom. The molecule has 96 valence electrons. The molecule has 0 aliphatic heterocycles. The highest BCUT2D eigenvalue weighted by Gasteiger charge is 2.04. The Kier molecular flexibility index (Phi) is 6.32. The first-order valence-corrected chi connectivity index (χ1v) is 6.10. The van der Waals surface area contributed by atoms with Crippen LogP contribution in [0.3, 0.4) is 0 Å². The fraction of sp³-hybridized carbons (Fsp3) is 0.667. The summed E-state index contributed by atoms with van der Waals surface area (Å²) >= 11 is 0. The molecule has 0 atom stereocenters. The summed E-state index contributed by atoms with van der Waals surface area (Å²) in [5, 5.41) is 2.78. The first kappa shape index (κ1) is 13.7. The molecule has 0 aromatic carbocycles. The molecule has 1 aromatic heterocycles. The molecule has 0 bridgehead atoms. The van der Waals surface area contributed by atoms with Crippen LogP contribution < -0.4 is 11.1 Å². The van der Waals surface area contributed by atoms with Crippen molar-refractivity contribution in [3.8, 4) is 0 Å². The van der Waals surface area contributed by atoms with Gasteiger partial charge in [-0.1, -0.05) is 12.8 Å². The molecule has 5 nitrogen and oxygen atoms in total. The first-order chi connectivity index (χ1) is 8.22. The van der Waals surface area contributed by atoms with Gasteiger partial charge in [0.05, 0.1) is 12.7 Å². The van der Waals surface area contributed by atoms with E-state index in [0.717, 1.165) is 38.0 Å². The molecule has 1 amide bonds. The van der Waals surface area contributed by atoms with Crippen LogP contribution in [0.25, 0.3) is 0 Å². The lowest BCUT2D eigenvalue weighted by Gasteiger charge is -2.02. The molecular weight excluding hydrogens is 218 g/mol. The first-order valence-electron chi connectivity index (χ1n) is 6.10. The van der Waals surface area contributed by atoms with Gasteiger partial charge in [0.2, 0.25) is 11.8 Å². The van der Waals surface area contributed by atoms with Gasteiger partial charge in [-0.05, 0) is 26.3 Å². The second-order valence-corrected chi connectivity index (χ2v) is 4.09. The fourth-order valence-corrected chi connectivity index (χ4v) is 1.53. The number of rotatable bonds is 8. The molecule has 1 aromatic rings. The van der Waals surface area contributed by atoms with E-state index in [0.29, 0.717) is 18.9 Å². The zero-order valence-corrected chi connectivity index (χ0v) is 10.4. The average molecular weight is 239 g/mol. The molecule has 0 aliphatic rings. The van der Waals surface area contributed by atoms with Crippen LogP contribution in [-0.2, 0) is 11.3 Å². The molecule has 17 heavy (non-hydrogen) atoms. The smallest absolute Gasteiger partial charge is 0.220 e. The Hall–Kier alpha value is -1.36. The van der Waals surface area contributed by atoms with Crippen LogP contribution >= 0.6 is 0 Å². The molecule has 3 N–H and O–H groups in total. The van der Waals surface area contributed by atoms with Crippen molar-refractivity contribution < 1.29 is 9.21 Å². The molecule has 0 saturated carbocycles. The van der Waals surface area contributed by atoms with Crippen LogP contribution in [0, 0.1) is 6.92 Å². The van der Waals surface area contributed by atoms with Crippen molar-refractivity contribution in [2.45, 2.75) is 45.6 Å². The number of amides is 1. The number of carbonyl (C=O) groups excluding carboxylic acids is 1. The molecule has 1 heterocycles. The van der Waals surface area contributed by atoms with Crippen LogP contribution in [0.1, 0.15) is 43.8 Å². The lowest BCUT2D eigenvalue weighted by molar-refractivity contribution is -0.121. The Balaban J connectivity index is 2.05. The summed E-state index contributed by atoms with van der Waals surface area (Å²) in [5.74, 6) is 1.36. The maximum absolute atomic E-state index is 11.5. The van der Waals surface area contributed by atoms with Crippen molar-refractivity contribution in [3.63, 3.8) is 0 Å². The number of hydrogen-bond donors (Lipinski definition) is 2.